The second-order valence-corrected chi connectivity index (χ2v) is 9.62. The van der Waals surface area contributed by atoms with Gasteiger partial charge in [-0.3, -0.25) is 9.59 Å². The number of nitrogens with zero attached hydrogens (tertiary/aromatic N) is 1. The van der Waals surface area contributed by atoms with Gasteiger partial charge in [-0.1, -0.05) is 13.0 Å². The molecule has 10 nitrogen and oxygen atoms in total. The van der Waals surface area contributed by atoms with Gasteiger partial charge in [0.15, 0.2) is 23.7 Å². The van der Waals surface area contributed by atoms with Crippen LogP contribution in [0.15, 0.2) is 24.0 Å². The number of esters is 2. The monoisotopic (exact) mass is 489 g/mol. The minimum atomic E-state index is -1.31. The summed E-state index contributed by atoms with van der Waals surface area (Å²) in [6.45, 7) is 5.82. The smallest absolute Gasteiger partial charge is 0.344 e. The van der Waals surface area contributed by atoms with Gasteiger partial charge in [0.1, 0.15) is 5.76 Å². The maximum absolute atomic E-state index is 12.6. The number of rotatable bonds is 8. The zero-order valence-electron chi connectivity index (χ0n) is 20.2. The van der Waals surface area contributed by atoms with Crippen LogP contribution in [-0.2, 0) is 35.7 Å². The average Bonchev–Trinajstić information content (AvgIpc) is 3.15. The average molecular weight is 490 g/mol. The topological polar surface area (TPSA) is 143 Å². The maximum Gasteiger partial charge on any atom is 0.344 e. The largest absolute Gasteiger partial charge is 0.504 e. The normalized spacial score (nSPS) is 29.0. The summed E-state index contributed by atoms with van der Waals surface area (Å²) in [7, 11) is 1.95. The lowest BCUT2D eigenvalue weighted by Crippen LogP contribution is -2.69. The number of aliphatic hydroxyl groups is 1. The Kier molecular flexibility index (Phi) is 6.31. The molecule has 1 aromatic rings. The molecule has 5 atom stereocenters. The van der Waals surface area contributed by atoms with Gasteiger partial charge in [0, 0.05) is 18.0 Å². The lowest BCUT2D eigenvalue weighted by molar-refractivity contribution is -0.163. The lowest BCUT2D eigenvalue weighted by atomic mass is 9.54. The summed E-state index contributed by atoms with van der Waals surface area (Å²) >= 11 is 0. The van der Waals surface area contributed by atoms with Gasteiger partial charge in [-0.05, 0) is 51.6 Å². The Balaban J connectivity index is 1.59. The molecule has 0 aromatic heterocycles. The van der Waals surface area contributed by atoms with Gasteiger partial charge in [0.2, 0.25) is 0 Å². The summed E-state index contributed by atoms with van der Waals surface area (Å²) in [6, 6.07) is 3.18. The predicted octanol–water partition coefficient (Wildman–Crippen LogP) is 1.65. The van der Waals surface area contributed by atoms with Gasteiger partial charge in [-0.25, -0.2) is 4.79 Å². The highest BCUT2D eigenvalue weighted by atomic mass is 16.6. The van der Waals surface area contributed by atoms with E-state index in [2.05, 4.69) is 4.90 Å². The highest BCUT2D eigenvalue weighted by molar-refractivity contribution is 5.81. The van der Waals surface area contributed by atoms with Crippen LogP contribution in [0.3, 0.4) is 0 Å². The van der Waals surface area contributed by atoms with Gasteiger partial charge in [0.05, 0.1) is 23.9 Å². The first-order chi connectivity index (χ1) is 16.4. The van der Waals surface area contributed by atoms with Gasteiger partial charge in [-0.15, -0.1) is 0 Å². The van der Waals surface area contributed by atoms with Crippen molar-refractivity contribution in [3.8, 4) is 11.5 Å². The van der Waals surface area contributed by atoms with Crippen molar-refractivity contribution < 1.29 is 43.9 Å². The Morgan fingerprint density at radius 3 is 2.60 bits per heavy atom. The fourth-order valence-corrected chi connectivity index (χ4v) is 5.59. The van der Waals surface area contributed by atoms with Crippen LogP contribution in [0.2, 0.25) is 0 Å². The fourth-order valence-electron chi connectivity index (χ4n) is 5.59. The zero-order valence-corrected chi connectivity index (χ0v) is 20.2. The molecule has 0 unspecified atom stereocenters. The Hall–Kier alpha value is -3.11. The van der Waals surface area contributed by atoms with Crippen LogP contribution in [0.1, 0.15) is 51.2 Å². The molecule has 1 heterocycles. The quantitative estimate of drug-likeness (QED) is 0.461. The number of hydrogen-bond donors (Lipinski definition) is 3. The van der Waals surface area contributed by atoms with Crippen molar-refractivity contribution in [2.24, 2.45) is 0 Å². The molecule has 1 aliphatic heterocycles. The third-order valence-corrected chi connectivity index (χ3v) is 7.69. The van der Waals surface area contributed by atoms with Gasteiger partial charge in [0.25, 0.3) is 0 Å². The van der Waals surface area contributed by atoms with E-state index in [1.54, 1.807) is 12.1 Å². The molecular weight excluding hydrogens is 458 g/mol. The number of carbonyl (C=O) groups excluding carboxylic acids is 2. The Morgan fingerprint density at radius 2 is 1.94 bits per heavy atom. The Morgan fingerprint density at radius 1 is 1.26 bits per heavy atom. The van der Waals surface area contributed by atoms with E-state index in [0.717, 1.165) is 17.7 Å². The van der Waals surface area contributed by atoms with Crippen LogP contribution in [-0.4, -0.2) is 75.6 Å². The minimum absolute atomic E-state index is 0.0509. The number of aromatic hydroxyl groups is 1. The second kappa shape index (κ2) is 8.83. The molecule has 2 aliphatic carbocycles. The van der Waals surface area contributed by atoms with Crippen LogP contribution in [0.4, 0.5) is 0 Å². The number of phenolic OH excluding ortho intramolecular Hbond substituents is 1. The van der Waals surface area contributed by atoms with Crippen molar-refractivity contribution in [3.63, 3.8) is 0 Å². The number of ether oxygens (including phenoxy) is 3. The SMILES string of the molecule is CCN(C)[C@@H]1Cc2ccc(O)c3c2[C@@]2(C)[C@@H](O3)C(OC(=O)CCC(=O)O[C@@H](C)C(=O)O)=CC[C@@]12O. The van der Waals surface area contributed by atoms with Crippen LogP contribution in [0.25, 0.3) is 0 Å². The molecule has 0 saturated carbocycles. The number of benzene rings is 1. The predicted molar refractivity (Wildman–Crippen MR) is 122 cm³/mol. The summed E-state index contributed by atoms with van der Waals surface area (Å²) in [5.41, 5.74) is -0.566. The molecular formula is C25H31NO9. The molecule has 190 valence electrons. The Labute approximate surface area is 203 Å². The molecule has 0 bridgehead atoms. The van der Waals surface area contributed by atoms with Crippen molar-refractivity contribution in [1.29, 1.82) is 0 Å². The molecule has 0 radical (unpaired) electrons. The number of phenols is 1. The highest BCUT2D eigenvalue weighted by Gasteiger charge is 2.68. The molecule has 35 heavy (non-hydrogen) atoms. The Bertz CT molecular complexity index is 1100. The minimum Gasteiger partial charge on any atom is -0.504 e. The zero-order chi connectivity index (χ0) is 25.7. The summed E-state index contributed by atoms with van der Waals surface area (Å²) < 4.78 is 16.5. The summed E-state index contributed by atoms with van der Waals surface area (Å²) in [4.78, 5) is 37.3. The molecule has 0 amide bonds. The lowest BCUT2D eigenvalue weighted by Gasteiger charge is -2.56. The number of carboxylic acid groups (broad SMARTS) is 1. The third-order valence-electron chi connectivity index (χ3n) is 7.69. The van der Waals surface area contributed by atoms with Gasteiger partial charge < -0.3 is 34.4 Å². The first kappa shape index (κ1) is 25.0. The van der Waals surface area contributed by atoms with Gasteiger partial charge in [-0.2, -0.15) is 0 Å². The number of aliphatic carboxylic acids is 1. The van der Waals surface area contributed by atoms with E-state index < -0.39 is 41.1 Å². The van der Waals surface area contributed by atoms with Crippen molar-refractivity contribution in [2.45, 2.75) is 75.7 Å². The molecule has 4 rings (SSSR count). The van der Waals surface area contributed by atoms with E-state index >= 15 is 0 Å². The van der Waals surface area contributed by atoms with Crippen LogP contribution >= 0.6 is 0 Å². The molecule has 0 saturated heterocycles. The standard InChI is InChI=1S/C25H31NO9/c1-5-26(4)17-12-14-6-7-15(27)21-20(14)24(3)22(35-21)16(10-11-25(17,24)32)34-19(29)9-8-18(28)33-13(2)23(30)31/h6-7,10,13,17,22,27,32H,5,8-9,11-12H2,1-4H3,(H,30,31)/t13-,17+,22-,24-,25+/m0/s1. The molecule has 3 N–H and O–H groups in total. The first-order valence-corrected chi connectivity index (χ1v) is 11.7. The number of likely N-dealkylation sites (N-methyl/N-ethyl adjacent to an activating group) is 1. The molecule has 3 aliphatic rings. The van der Waals surface area contributed by atoms with E-state index in [-0.39, 0.29) is 42.6 Å². The molecule has 0 spiro atoms. The maximum atomic E-state index is 12.6. The van der Waals surface area contributed by atoms with Crippen LogP contribution in [0.5, 0.6) is 11.5 Å². The number of hydrogen-bond acceptors (Lipinski definition) is 9. The summed E-state index contributed by atoms with van der Waals surface area (Å²) in [6.07, 6.45) is -0.419. The van der Waals surface area contributed by atoms with Crippen molar-refractivity contribution in [3.05, 3.63) is 35.1 Å². The number of carboxylic acids is 1. The molecule has 0 fully saturated rings. The first-order valence-electron chi connectivity index (χ1n) is 11.7. The fraction of sp³-hybridized carbons (Fsp3) is 0.560. The van der Waals surface area contributed by atoms with E-state index in [1.807, 2.05) is 27.0 Å². The number of carbonyl (C=O) groups is 3. The van der Waals surface area contributed by atoms with Crippen molar-refractivity contribution >= 4 is 17.9 Å². The third kappa shape index (κ3) is 3.84. The van der Waals surface area contributed by atoms with E-state index in [0.29, 0.717) is 6.42 Å². The summed E-state index contributed by atoms with van der Waals surface area (Å²) in [5, 5.41) is 31.5. The second-order valence-electron chi connectivity index (χ2n) is 9.62. The van der Waals surface area contributed by atoms with Crippen LogP contribution in [0, 0.1) is 0 Å². The van der Waals surface area contributed by atoms with Crippen LogP contribution < -0.4 is 4.74 Å². The van der Waals surface area contributed by atoms with Gasteiger partial charge >= 0.3 is 17.9 Å². The summed E-state index contributed by atoms with van der Waals surface area (Å²) in [5.74, 6) is -2.39. The van der Waals surface area contributed by atoms with E-state index in [4.69, 9.17) is 19.3 Å². The van der Waals surface area contributed by atoms with E-state index in [9.17, 15) is 24.6 Å². The highest BCUT2D eigenvalue weighted by Crippen LogP contribution is 2.62. The van der Waals surface area contributed by atoms with Crippen molar-refractivity contribution in [2.75, 3.05) is 13.6 Å². The molecule has 10 heteroatoms. The van der Waals surface area contributed by atoms with E-state index in [1.165, 1.54) is 6.92 Å². The molecule has 1 aromatic carbocycles. The van der Waals surface area contributed by atoms with Crippen molar-refractivity contribution in [1.82, 2.24) is 4.90 Å².